The van der Waals surface area contributed by atoms with Gasteiger partial charge in [0, 0.05) is 43.3 Å². The standard InChI is InChI=1S/C11H15N5/c1-2-3-10-13-4-5-16(10)11-14-7-9(6-12)8-15-11/h4-5,7-8H,2-3,6,12H2,1H3. The number of hydrogen-bond donors (Lipinski definition) is 1. The Morgan fingerprint density at radius 3 is 2.62 bits per heavy atom. The quantitative estimate of drug-likeness (QED) is 0.831. The third-order valence-electron chi connectivity index (χ3n) is 2.33. The summed E-state index contributed by atoms with van der Waals surface area (Å²) in [6.45, 7) is 2.59. The second-order valence-corrected chi connectivity index (χ2v) is 3.56. The van der Waals surface area contributed by atoms with Crippen LogP contribution in [0.5, 0.6) is 0 Å². The number of rotatable bonds is 4. The predicted octanol–water partition coefficient (Wildman–Crippen LogP) is 1.07. The normalized spacial score (nSPS) is 10.6. The van der Waals surface area contributed by atoms with Crippen LogP contribution < -0.4 is 5.73 Å². The van der Waals surface area contributed by atoms with E-state index < -0.39 is 0 Å². The van der Waals surface area contributed by atoms with Crippen LogP contribution in [-0.2, 0) is 13.0 Å². The van der Waals surface area contributed by atoms with E-state index in [9.17, 15) is 0 Å². The Balaban J connectivity index is 2.31. The minimum Gasteiger partial charge on any atom is -0.326 e. The van der Waals surface area contributed by atoms with Gasteiger partial charge in [-0.2, -0.15) is 0 Å². The fourth-order valence-electron chi connectivity index (χ4n) is 1.50. The highest BCUT2D eigenvalue weighted by molar-refractivity contribution is 5.17. The lowest BCUT2D eigenvalue weighted by atomic mass is 10.3. The summed E-state index contributed by atoms with van der Waals surface area (Å²) in [5.41, 5.74) is 6.43. The first kappa shape index (κ1) is 10.8. The summed E-state index contributed by atoms with van der Waals surface area (Å²) >= 11 is 0. The molecule has 0 saturated heterocycles. The van der Waals surface area contributed by atoms with Gasteiger partial charge in [0.05, 0.1) is 0 Å². The third kappa shape index (κ3) is 2.09. The van der Waals surface area contributed by atoms with Gasteiger partial charge in [0.25, 0.3) is 0 Å². The van der Waals surface area contributed by atoms with Gasteiger partial charge >= 0.3 is 0 Å². The van der Waals surface area contributed by atoms with E-state index in [-0.39, 0.29) is 0 Å². The van der Waals surface area contributed by atoms with Crippen molar-refractivity contribution in [2.75, 3.05) is 0 Å². The third-order valence-corrected chi connectivity index (χ3v) is 2.33. The molecule has 0 atom stereocenters. The molecule has 0 aliphatic rings. The van der Waals surface area contributed by atoms with Gasteiger partial charge in [0.2, 0.25) is 5.95 Å². The van der Waals surface area contributed by atoms with Crippen LogP contribution in [0.3, 0.4) is 0 Å². The van der Waals surface area contributed by atoms with E-state index in [1.54, 1.807) is 18.6 Å². The molecule has 5 nitrogen and oxygen atoms in total. The fraction of sp³-hybridized carbons (Fsp3) is 0.364. The van der Waals surface area contributed by atoms with Crippen molar-refractivity contribution in [3.63, 3.8) is 0 Å². The molecule has 0 aliphatic heterocycles. The second kappa shape index (κ2) is 4.85. The summed E-state index contributed by atoms with van der Waals surface area (Å²) < 4.78 is 1.91. The topological polar surface area (TPSA) is 69.6 Å². The molecule has 2 rings (SSSR count). The zero-order chi connectivity index (χ0) is 11.4. The van der Waals surface area contributed by atoms with Gasteiger partial charge in [0.1, 0.15) is 5.82 Å². The Bertz CT molecular complexity index is 446. The van der Waals surface area contributed by atoms with Gasteiger partial charge in [0.15, 0.2) is 0 Å². The lowest BCUT2D eigenvalue weighted by Gasteiger charge is -2.05. The molecule has 5 heteroatoms. The summed E-state index contributed by atoms with van der Waals surface area (Å²) in [5.74, 6) is 1.64. The lowest BCUT2D eigenvalue weighted by molar-refractivity contribution is 0.779. The molecule has 0 unspecified atom stereocenters. The minimum atomic E-state index is 0.464. The Morgan fingerprint density at radius 1 is 1.25 bits per heavy atom. The molecule has 0 radical (unpaired) electrons. The van der Waals surface area contributed by atoms with Crippen LogP contribution in [-0.4, -0.2) is 19.5 Å². The molecule has 0 aromatic carbocycles. The van der Waals surface area contributed by atoms with Crippen molar-refractivity contribution in [1.82, 2.24) is 19.5 Å². The largest absolute Gasteiger partial charge is 0.326 e. The number of imidazole rings is 1. The summed E-state index contributed by atoms with van der Waals surface area (Å²) in [6, 6.07) is 0. The van der Waals surface area contributed by atoms with Gasteiger partial charge in [-0.1, -0.05) is 6.92 Å². The Morgan fingerprint density at radius 2 is 2.00 bits per heavy atom. The second-order valence-electron chi connectivity index (χ2n) is 3.56. The van der Waals surface area contributed by atoms with E-state index in [0.29, 0.717) is 12.5 Å². The van der Waals surface area contributed by atoms with Crippen LogP contribution in [0.1, 0.15) is 24.7 Å². The van der Waals surface area contributed by atoms with Crippen LogP contribution >= 0.6 is 0 Å². The molecule has 0 amide bonds. The highest BCUT2D eigenvalue weighted by Crippen LogP contribution is 2.07. The molecule has 2 N–H and O–H groups in total. The van der Waals surface area contributed by atoms with Gasteiger partial charge in [-0.25, -0.2) is 15.0 Å². The molecule has 0 spiro atoms. The van der Waals surface area contributed by atoms with Crippen molar-refractivity contribution in [2.24, 2.45) is 5.73 Å². The van der Waals surface area contributed by atoms with Crippen molar-refractivity contribution in [3.8, 4) is 5.95 Å². The van der Waals surface area contributed by atoms with Gasteiger partial charge < -0.3 is 5.73 Å². The zero-order valence-electron chi connectivity index (χ0n) is 9.30. The van der Waals surface area contributed by atoms with E-state index in [2.05, 4.69) is 21.9 Å². The fourth-order valence-corrected chi connectivity index (χ4v) is 1.50. The van der Waals surface area contributed by atoms with E-state index in [4.69, 9.17) is 5.73 Å². The van der Waals surface area contributed by atoms with Crippen LogP contribution in [0.2, 0.25) is 0 Å². The Kier molecular flexibility index (Phi) is 3.26. The highest BCUT2D eigenvalue weighted by atomic mass is 15.2. The number of nitrogens with two attached hydrogens (primary N) is 1. The zero-order valence-corrected chi connectivity index (χ0v) is 9.30. The molecule has 2 heterocycles. The number of aromatic nitrogens is 4. The molecule has 16 heavy (non-hydrogen) atoms. The summed E-state index contributed by atoms with van der Waals surface area (Å²) in [5, 5.41) is 0. The maximum Gasteiger partial charge on any atom is 0.235 e. The van der Waals surface area contributed by atoms with Crippen LogP contribution in [0.25, 0.3) is 5.95 Å². The van der Waals surface area contributed by atoms with Crippen molar-refractivity contribution < 1.29 is 0 Å². The molecule has 2 aromatic rings. The van der Waals surface area contributed by atoms with Crippen LogP contribution in [0.15, 0.2) is 24.8 Å². The molecule has 0 bridgehead atoms. The minimum absolute atomic E-state index is 0.464. The highest BCUT2D eigenvalue weighted by Gasteiger charge is 2.05. The first-order chi connectivity index (χ1) is 7.85. The van der Waals surface area contributed by atoms with Gasteiger partial charge in [-0.3, -0.25) is 4.57 Å². The Hall–Kier alpha value is -1.75. The number of aryl methyl sites for hydroxylation is 1. The van der Waals surface area contributed by atoms with Crippen molar-refractivity contribution in [3.05, 3.63) is 36.2 Å². The van der Waals surface area contributed by atoms with Gasteiger partial charge in [-0.05, 0) is 6.42 Å². The molecule has 0 fully saturated rings. The van der Waals surface area contributed by atoms with Gasteiger partial charge in [-0.15, -0.1) is 0 Å². The summed E-state index contributed by atoms with van der Waals surface area (Å²) in [7, 11) is 0. The number of hydrogen-bond acceptors (Lipinski definition) is 4. The van der Waals surface area contributed by atoms with E-state index in [1.165, 1.54) is 0 Å². The van der Waals surface area contributed by atoms with Crippen LogP contribution in [0.4, 0.5) is 0 Å². The van der Waals surface area contributed by atoms with Crippen molar-refractivity contribution >= 4 is 0 Å². The average molecular weight is 217 g/mol. The smallest absolute Gasteiger partial charge is 0.235 e. The van der Waals surface area contributed by atoms with Crippen molar-refractivity contribution in [1.29, 1.82) is 0 Å². The molecule has 0 aliphatic carbocycles. The molecule has 84 valence electrons. The SMILES string of the molecule is CCCc1nccn1-c1ncc(CN)cn1. The molecular weight excluding hydrogens is 202 g/mol. The average Bonchev–Trinajstić information content (AvgIpc) is 2.78. The summed E-state index contributed by atoms with van der Waals surface area (Å²) in [4.78, 5) is 12.8. The predicted molar refractivity (Wildman–Crippen MR) is 61.0 cm³/mol. The number of nitrogens with zero attached hydrogens (tertiary/aromatic N) is 4. The molecular formula is C11H15N5. The molecule has 0 saturated carbocycles. The van der Waals surface area contributed by atoms with Crippen molar-refractivity contribution in [2.45, 2.75) is 26.3 Å². The maximum absolute atomic E-state index is 5.50. The lowest BCUT2D eigenvalue weighted by Crippen LogP contribution is -2.06. The molecule has 2 aromatic heterocycles. The van der Waals surface area contributed by atoms with E-state index in [0.717, 1.165) is 24.2 Å². The maximum atomic E-state index is 5.50. The first-order valence-corrected chi connectivity index (χ1v) is 5.38. The van der Waals surface area contributed by atoms with E-state index >= 15 is 0 Å². The Labute approximate surface area is 94.4 Å². The first-order valence-electron chi connectivity index (χ1n) is 5.38. The summed E-state index contributed by atoms with van der Waals surface area (Å²) in [6.07, 6.45) is 9.12. The van der Waals surface area contributed by atoms with E-state index in [1.807, 2.05) is 10.8 Å². The monoisotopic (exact) mass is 217 g/mol. The van der Waals surface area contributed by atoms with Crippen LogP contribution in [0, 0.1) is 0 Å².